The van der Waals surface area contributed by atoms with Gasteiger partial charge in [-0.05, 0) is 41.1 Å². The summed E-state index contributed by atoms with van der Waals surface area (Å²) < 4.78 is 25.0. The summed E-state index contributed by atoms with van der Waals surface area (Å²) >= 11 is 7.57. The summed E-state index contributed by atoms with van der Waals surface area (Å²) in [4.78, 5) is 3.54. The van der Waals surface area contributed by atoms with Crippen LogP contribution in [-0.4, -0.2) is 4.98 Å². The van der Waals surface area contributed by atoms with E-state index in [0.717, 1.165) is 5.56 Å². The molecule has 0 bridgehead atoms. The number of pyridine rings is 1. The van der Waals surface area contributed by atoms with E-state index in [1.807, 2.05) is 22.6 Å². The van der Waals surface area contributed by atoms with Crippen molar-refractivity contribution in [3.05, 3.63) is 26.0 Å². The highest BCUT2D eigenvalue weighted by Crippen LogP contribution is 2.24. The molecule has 66 valence electrons. The van der Waals surface area contributed by atoms with Crippen molar-refractivity contribution in [2.75, 3.05) is 0 Å². The molecular weight excluding hydrogens is 298 g/mol. The largest absolute Gasteiger partial charge is 0.280 e. The first-order valence-corrected chi connectivity index (χ1v) is 4.58. The van der Waals surface area contributed by atoms with Gasteiger partial charge >= 0.3 is 0 Å². The predicted octanol–water partition coefficient (Wildman–Crippen LogP) is 3.59. The summed E-state index contributed by atoms with van der Waals surface area (Å²) in [5.41, 5.74) is 0.469. The average molecular weight is 303 g/mol. The third-order valence-corrected chi connectivity index (χ3v) is 2.88. The summed E-state index contributed by atoms with van der Waals surface area (Å²) in [6, 6.07) is 1.34. The van der Waals surface area contributed by atoms with Crippen molar-refractivity contribution >= 4 is 34.2 Å². The molecule has 0 aromatic carbocycles. The van der Waals surface area contributed by atoms with Crippen LogP contribution in [0.5, 0.6) is 0 Å². The molecule has 1 nitrogen and oxygen atoms in total. The second-order valence-corrected chi connectivity index (χ2v) is 3.77. The van der Waals surface area contributed by atoms with E-state index in [1.54, 1.807) is 6.92 Å². The van der Waals surface area contributed by atoms with Crippen LogP contribution in [0.25, 0.3) is 0 Å². The van der Waals surface area contributed by atoms with E-state index in [9.17, 15) is 8.78 Å². The van der Waals surface area contributed by atoms with E-state index in [0.29, 0.717) is 3.57 Å². The van der Waals surface area contributed by atoms with Gasteiger partial charge in [-0.2, -0.15) is 0 Å². The van der Waals surface area contributed by atoms with Crippen molar-refractivity contribution in [2.24, 2.45) is 0 Å². The van der Waals surface area contributed by atoms with Crippen LogP contribution in [0.4, 0.5) is 8.78 Å². The first-order valence-electron chi connectivity index (χ1n) is 3.13. The Bertz CT molecular complexity index is 280. The molecule has 0 aliphatic heterocycles. The van der Waals surface area contributed by atoms with Crippen LogP contribution in [0.1, 0.15) is 17.7 Å². The lowest BCUT2D eigenvalue weighted by molar-refractivity contribution is 0.146. The first kappa shape index (κ1) is 10.1. The average Bonchev–Trinajstić information content (AvgIpc) is 1.99. The Morgan fingerprint density at radius 3 is 2.58 bits per heavy atom. The van der Waals surface area contributed by atoms with Crippen LogP contribution in [0.15, 0.2) is 6.07 Å². The minimum Gasteiger partial charge on any atom is -0.235 e. The lowest BCUT2D eigenvalue weighted by atomic mass is 10.3. The summed E-state index contributed by atoms with van der Waals surface area (Å²) in [5.74, 6) is 0. The summed E-state index contributed by atoms with van der Waals surface area (Å²) in [7, 11) is 0. The van der Waals surface area contributed by atoms with Gasteiger partial charge in [-0.3, -0.25) is 0 Å². The van der Waals surface area contributed by atoms with Crippen LogP contribution < -0.4 is 0 Å². The molecule has 0 saturated heterocycles. The fourth-order valence-corrected chi connectivity index (χ4v) is 1.61. The molecule has 1 aromatic rings. The van der Waals surface area contributed by atoms with Gasteiger partial charge in [0.15, 0.2) is 0 Å². The molecule has 0 atom stereocenters. The minimum atomic E-state index is -2.56. The van der Waals surface area contributed by atoms with Crippen molar-refractivity contribution in [1.29, 1.82) is 0 Å². The van der Waals surface area contributed by atoms with Crippen LogP contribution in [-0.2, 0) is 0 Å². The molecule has 0 aliphatic rings. The Balaban J connectivity index is 3.21. The second-order valence-electron chi connectivity index (χ2n) is 2.25. The molecule has 0 fully saturated rings. The topological polar surface area (TPSA) is 12.9 Å². The van der Waals surface area contributed by atoms with Gasteiger partial charge in [-0.15, -0.1) is 0 Å². The van der Waals surface area contributed by atoms with Gasteiger partial charge < -0.3 is 0 Å². The maximum Gasteiger partial charge on any atom is 0.280 e. The van der Waals surface area contributed by atoms with E-state index in [2.05, 4.69) is 4.98 Å². The SMILES string of the molecule is Cc1c(I)cc(C(F)F)nc1Cl. The van der Waals surface area contributed by atoms with Gasteiger partial charge in [-0.25, -0.2) is 13.8 Å². The zero-order chi connectivity index (χ0) is 9.30. The van der Waals surface area contributed by atoms with Gasteiger partial charge in [0.2, 0.25) is 0 Å². The monoisotopic (exact) mass is 303 g/mol. The second kappa shape index (κ2) is 3.83. The molecule has 1 heterocycles. The molecule has 0 saturated carbocycles. The smallest absolute Gasteiger partial charge is 0.235 e. The van der Waals surface area contributed by atoms with Gasteiger partial charge in [-0.1, -0.05) is 11.6 Å². The fourth-order valence-electron chi connectivity index (χ4n) is 0.678. The van der Waals surface area contributed by atoms with Crippen LogP contribution >= 0.6 is 34.2 Å². The van der Waals surface area contributed by atoms with Gasteiger partial charge in [0.1, 0.15) is 10.8 Å². The maximum absolute atomic E-state index is 12.1. The van der Waals surface area contributed by atoms with Crippen LogP contribution in [0.3, 0.4) is 0 Å². The zero-order valence-corrected chi connectivity index (χ0v) is 9.03. The number of rotatable bonds is 1. The minimum absolute atomic E-state index is 0.150. The van der Waals surface area contributed by atoms with Crippen molar-refractivity contribution in [1.82, 2.24) is 4.98 Å². The van der Waals surface area contributed by atoms with E-state index in [-0.39, 0.29) is 10.8 Å². The van der Waals surface area contributed by atoms with E-state index in [1.165, 1.54) is 6.07 Å². The highest BCUT2D eigenvalue weighted by Gasteiger charge is 2.12. The number of hydrogen-bond donors (Lipinski definition) is 0. The molecule has 0 amide bonds. The maximum atomic E-state index is 12.1. The Hall–Kier alpha value is 0.0300. The van der Waals surface area contributed by atoms with E-state index >= 15 is 0 Å². The van der Waals surface area contributed by atoms with E-state index < -0.39 is 6.43 Å². The molecule has 5 heteroatoms. The highest BCUT2D eigenvalue weighted by atomic mass is 127. The number of aromatic nitrogens is 1. The normalized spacial score (nSPS) is 10.8. The van der Waals surface area contributed by atoms with Gasteiger partial charge in [0.25, 0.3) is 6.43 Å². The summed E-state index contributed by atoms with van der Waals surface area (Å²) in [5, 5.41) is 0.150. The summed E-state index contributed by atoms with van der Waals surface area (Å²) in [6.07, 6.45) is -2.56. The molecule has 0 unspecified atom stereocenters. The molecule has 1 aromatic heterocycles. The van der Waals surface area contributed by atoms with Crippen molar-refractivity contribution < 1.29 is 8.78 Å². The lowest BCUT2D eigenvalue weighted by Gasteiger charge is -2.04. The van der Waals surface area contributed by atoms with Crippen molar-refractivity contribution in [3.63, 3.8) is 0 Å². The first-order chi connectivity index (χ1) is 5.52. The van der Waals surface area contributed by atoms with Crippen LogP contribution in [0, 0.1) is 10.5 Å². The molecule has 0 radical (unpaired) electrons. The molecular formula is C7H5ClF2IN. The van der Waals surface area contributed by atoms with Crippen molar-refractivity contribution in [3.8, 4) is 0 Å². The summed E-state index contributed by atoms with van der Waals surface area (Å²) in [6.45, 7) is 1.74. The number of halogens is 4. The Morgan fingerprint density at radius 2 is 2.17 bits per heavy atom. The molecule has 0 spiro atoms. The Labute approximate surface area is 87.3 Å². The third kappa shape index (κ3) is 2.04. The quantitative estimate of drug-likeness (QED) is 0.571. The standard InChI is InChI=1S/C7H5ClF2IN/c1-3-4(11)2-5(7(9)10)12-6(3)8/h2,7H,1H3. The Kier molecular flexibility index (Phi) is 3.22. The van der Waals surface area contributed by atoms with Crippen molar-refractivity contribution in [2.45, 2.75) is 13.3 Å². The molecule has 0 N–H and O–H groups in total. The molecule has 12 heavy (non-hydrogen) atoms. The van der Waals surface area contributed by atoms with Gasteiger partial charge in [0, 0.05) is 3.57 Å². The highest BCUT2D eigenvalue weighted by molar-refractivity contribution is 14.1. The third-order valence-electron chi connectivity index (χ3n) is 1.39. The lowest BCUT2D eigenvalue weighted by Crippen LogP contribution is -1.94. The number of hydrogen-bond acceptors (Lipinski definition) is 1. The molecule has 0 aliphatic carbocycles. The van der Waals surface area contributed by atoms with Crippen LogP contribution in [0.2, 0.25) is 5.15 Å². The Morgan fingerprint density at radius 1 is 1.58 bits per heavy atom. The predicted molar refractivity (Wildman–Crippen MR) is 51.7 cm³/mol. The fraction of sp³-hybridized carbons (Fsp3) is 0.286. The molecule has 1 rings (SSSR count). The number of nitrogens with zero attached hydrogens (tertiary/aromatic N) is 1. The van der Waals surface area contributed by atoms with Gasteiger partial charge in [0.05, 0.1) is 0 Å². The number of alkyl halides is 2. The zero-order valence-electron chi connectivity index (χ0n) is 6.11. The van der Waals surface area contributed by atoms with E-state index in [4.69, 9.17) is 11.6 Å².